The molecule has 0 saturated heterocycles. The first-order valence-corrected chi connectivity index (χ1v) is 6.47. The number of aromatic amines is 1. The van der Waals surface area contributed by atoms with Crippen LogP contribution in [-0.4, -0.2) is 15.6 Å². The number of hydrogen-bond donors (Lipinski definition) is 1. The van der Waals surface area contributed by atoms with Crippen LogP contribution >= 0.6 is 0 Å². The third-order valence-corrected chi connectivity index (χ3v) is 3.39. The molecule has 1 aromatic heterocycles. The summed E-state index contributed by atoms with van der Waals surface area (Å²) in [6.07, 6.45) is 0.730. The molecule has 0 aliphatic carbocycles. The van der Waals surface area contributed by atoms with E-state index in [9.17, 15) is 9.59 Å². The Kier molecular flexibility index (Phi) is 3.69. The van der Waals surface area contributed by atoms with Gasteiger partial charge in [-0.25, -0.2) is 4.68 Å². The maximum absolute atomic E-state index is 12.4. The summed E-state index contributed by atoms with van der Waals surface area (Å²) in [4.78, 5) is 24.6. The van der Waals surface area contributed by atoms with E-state index in [1.54, 1.807) is 6.92 Å². The molecule has 4 heteroatoms. The van der Waals surface area contributed by atoms with Gasteiger partial charge in [-0.2, -0.15) is 0 Å². The largest absolute Gasteiger partial charge is 0.295 e. The zero-order valence-electron chi connectivity index (χ0n) is 11.4. The molecule has 1 aromatic carbocycles. The van der Waals surface area contributed by atoms with E-state index in [2.05, 4.69) is 5.10 Å². The number of H-pyrrole nitrogens is 1. The van der Waals surface area contributed by atoms with E-state index in [0.29, 0.717) is 5.69 Å². The molecule has 1 atom stereocenters. The van der Waals surface area contributed by atoms with Crippen LogP contribution < -0.4 is 5.56 Å². The van der Waals surface area contributed by atoms with Crippen molar-refractivity contribution >= 4 is 5.78 Å². The number of rotatable bonds is 4. The molecule has 0 aliphatic rings. The lowest BCUT2D eigenvalue weighted by Crippen LogP contribution is -2.23. The number of aryl methyl sites for hydroxylation is 1. The SMILES string of the molecule is CCC(C)C(=O)c1c(C)[nH]n(-c2ccccc2)c1=O. The molecule has 2 rings (SSSR count). The standard InChI is InChI=1S/C15H18N2O2/c1-4-10(2)14(18)13-11(3)16-17(15(13)19)12-8-6-5-7-9-12/h5-10,16H,4H2,1-3H3. The minimum atomic E-state index is -0.269. The lowest BCUT2D eigenvalue weighted by molar-refractivity contribution is 0.0925. The number of ketones is 1. The summed E-state index contributed by atoms with van der Waals surface area (Å²) >= 11 is 0. The number of nitrogens with one attached hydrogen (secondary N) is 1. The van der Waals surface area contributed by atoms with Crippen molar-refractivity contribution in [3.63, 3.8) is 0 Å². The van der Waals surface area contributed by atoms with E-state index in [1.807, 2.05) is 44.2 Å². The number of para-hydroxylation sites is 1. The molecule has 0 aliphatic heterocycles. The topological polar surface area (TPSA) is 54.9 Å². The van der Waals surface area contributed by atoms with Gasteiger partial charge in [-0.15, -0.1) is 0 Å². The summed E-state index contributed by atoms with van der Waals surface area (Å²) in [6, 6.07) is 9.25. The molecule has 4 nitrogen and oxygen atoms in total. The molecule has 0 bridgehead atoms. The van der Waals surface area contributed by atoms with Gasteiger partial charge < -0.3 is 0 Å². The van der Waals surface area contributed by atoms with Crippen LogP contribution in [0.25, 0.3) is 5.69 Å². The van der Waals surface area contributed by atoms with Crippen LogP contribution in [0.5, 0.6) is 0 Å². The number of benzene rings is 1. The van der Waals surface area contributed by atoms with E-state index in [0.717, 1.165) is 12.1 Å². The summed E-state index contributed by atoms with van der Waals surface area (Å²) in [5, 5.41) is 2.97. The Bertz CT molecular complexity index is 638. The number of carbonyl (C=O) groups is 1. The van der Waals surface area contributed by atoms with Crippen molar-refractivity contribution in [2.75, 3.05) is 0 Å². The van der Waals surface area contributed by atoms with Crippen LogP contribution in [0, 0.1) is 12.8 Å². The fraction of sp³-hybridized carbons (Fsp3) is 0.333. The molecule has 1 unspecified atom stereocenters. The average Bonchev–Trinajstić information content (AvgIpc) is 2.73. The predicted octanol–water partition coefficient (Wildman–Crippen LogP) is 2.70. The molecule has 1 N–H and O–H groups in total. The fourth-order valence-electron chi connectivity index (χ4n) is 2.03. The van der Waals surface area contributed by atoms with Crippen molar-refractivity contribution < 1.29 is 4.79 Å². The molecular weight excluding hydrogens is 240 g/mol. The Labute approximate surface area is 112 Å². The summed E-state index contributed by atoms with van der Waals surface area (Å²) in [6.45, 7) is 5.55. The fourth-order valence-corrected chi connectivity index (χ4v) is 2.03. The number of aromatic nitrogens is 2. The Hall–Kier alpha value is -2.10. The maximum atomic E-state index is 12.4. The highest BCUT2D eigenvalue weighted by molar-refractivity contribution is 5.98. The normalized spacial score (nSPS) is 12.4. The first kappa shape index (κ1) is 13.3. The third kappa shape index (κ3) is 2.38. The van der Waals surface area contributed by atoms with E-state index in [1.165, 1.54) is 4.68 Å². The van der Waals surface area contributed by atoms with E-state index in [-0.39, 0.29) is 22.8 Å². The van der Waals surface area contributed by atoms with Gasteiger partial charge >= 0.3 is 0 Å². The zero-order chi connectivity index (χ0) is 14.0. The quantitative estimate of drug-likeness (QED) is 0.857. The van der Waals surface area contributed by atoms with Crippen LogP contribution in [-0.2, 0) is 0 Å². The second-order valence-corrected chi connectivity index (χ2v) is 4.76. The molecule has 0 amide bonds. The van der Waals surface area contributed by atoms with E-state index >= 15 is 0 Å². The summed E-state index contributed by atoms with van der Waals surface area (Å²) < 4.78 is 1.42. The van der Waals surface area contributed by atoms with Crippen LogP contribution in [0.3, 0.4) is 0 Å². The molecule has 0 saturated carbocycles. The number of nitrogens with zero attached hydrogens (tertiary/aromatic N) is 1. The molecule has 0 spiro atoms. The third-order valence-electron chi connectivity index (χ3n) is 3.39. The molecular formula is C15H18N2O2. The summed E-state index contributed by atoms with van der Waals surface area (Å²) in [5.74, 6) is -0.220. The lowest BCUT2D eigenvalue weighted by atomic mass is 9.98. The number of hydrogen-bond acceptors (Lipinski definition) is 2. The maximum Gasteiger partial charge on any atom is 0.282 e. The van der Waals surface area contributed by atoms with Gasteiger partial charge in [0.05, 0.1) is 5.69 Å². The Morgan fingerprint density at radius 3 is 2.53 bits per heavy atom. The Morgan fingerprint density at radius 2 is 1.95 bits per heavy atom. The second-order valence-electron chi connectivity index (χ2n) is 4.76. The van der Waals surface area contributed by atoms with Crippen LogP contribution in [0.15, 0.2) is 35.1 Å². The van der Waals surface area contributed by atoms with Gasteiger partial charge in [-0.3, -0.25) is 14.7 Å². The first-order valence-electron chi connectivity index (χ1n) is 6.47. The predicted molar refractivity (Wildman–Crippen MR) is 74.9 cm³/mol. The van der Waals surface area contributed by atoms with Gasteiger partial charge in [0.1, 0.15) is 5.56 Å². The molecule has 19 heavy (non-hydrogen) atoms. The molecule has 0 fully saturated rings. The van der Waals surface area contributed by atoms with Crippen LogP contribution in [0.1, 0.15) is 36.3 Å². The Morgan fingerprint density at radius 1 is 1.32 bits per heavy atom. The van der Waals surface area contributed by atoms with Crippen molar-refractivity contribution in [3.05, 3.63) is 51.9 Å². The zero-order valence-corrected chi connectivity index (χ0v) is 11.4. The molecule has 2 aromatic rings. The average molecular weight is 258 g/mol. The van der Waals surface area contributed by atoms with Crippen molar-refractivity contribution in [2.24, 2.45) is 5.92 Å². The van der Waals surface area contributed by atoms with Crippen LogP contribution in [0.4, 0.5) is 0 Å². The summed E-state index contributed by atoms with van der Waals surface area (Å²) in [5.41, 5.74) is 1.37. The minimum absolute atomic E-state index is 0.0871. The highest BCUT2D eigenvalue weighted by Crippen LogP contribution is 2.13. The van der Waals surface area contributed by atoms with Crippen molar-refractivity contribution in [2.45, 2.75) is 27.2 Å². The number of carbonyl (C=O) groups excluding carboxylic acids is 1. The van der Waals surface area contributed by atoms with E-state index in [4.69, 9.17) is 0 Å². The highest BCUT2D eigenvalue weighted by atomic mass is 16.2. The van der Waals surface area contributed by atoms with Gasteiger partial charge in [0.15, 0.2) is 5.78 Å². The van der Waals surface area contributed by atoms with Gasteiger partial charge in [-0.1, -0.05) is 32.0 Å². The van der Waals surface area contributed by atoms with Gasteiger partial charge in [0.25, 0.3) is 5.56 Å². The first-order chi connectivity index (χ1) is 9.06. The van der Waals surface area contributed by atoms with Gasteiger partial charge in [0, 0.05) is 11.6 Å². The highest BCUT2D eigenvalue weighted by Gasteiger charge is 2.22. The molecule has 1 heterocycles. The smallest absolute Gasteiger partial charge is 0.282 e. The minimum Gasteiger partial charge on any atom is -0.295 e. The van der Waals surface area contributed by atoms with Gasteiger partial charge in [-0.05, 0) is 25.5 Å². The van der Waals surface area contributed by atoms with Crippen molar-refractivity contribution in [1.29, 1.82) is 0 Å². The van der Waals surface area contributed by atoms with Crippen LogP contribution in [0.2, 0.25) is 0 Å². The summed E-state index contributed by atoms with van der Waals surface area (Å²) in [7, 11) is 0. The monoisotopic (exact) mass is 258 g/mol. The lowest BCUT2D eigenvalue weighted by Gasteiger charge is -2.04. The number of Topliss-reactive ketones (excluding diaryl/α,β-unsaturated/α-hetero) is 1. The van der Waals surface area contributed by atoms with E-state index < -0.39 is 0 Å². The van der Waals surface area contributed by atoms with Gasteiger partial charge in [0.2, 0.25) is 0 Å². The van der Waals surface area contributed by atoms with Crippen molar-refractivity contribution in [3.8, 4) is 5.69 Å². The molecule has 100 valence electrons. The van der Waals surface area contributed by atoms with Crippen molar-refractivity contribution in [1.82, 2.24) is 9.78 Å². The second kappa shape index (κ2) is 5.26. The molecule has 0 radical (unpaired) electrons. The Balaban J connectivity index is 2.53.